The van der Waals surface area contributed by atoms with Gasteiger partial charge in [0.15, 0.2) is 11.5 Å². The van der Waals surface area contributed by atoms with Gasteiger partial charge in [0.1, 0.15) is 12.6 Å². The number of nitrogens with one attached hydrogen (secondary N) is 1. The molecule has 0 bridgehead atoms. The minimum absolute atomic E-state index is 0.00428. The van der Waals surface area contributed by atoms with E-state index >= 15 is 0 Å². The highest BCUT2D eigenvalue weighted by atomic mass is 35.5. The molecule has 4 aromatic rings. The fourth-order valence-electron chi connectivity index (χ4n) is 5.07. The van der Waals surface area contributed by atoms with Gasteiger partial charge in [-0.3, -0.25) is 13.9 Å². The molecule has 12 heteroatoms. The molecule has 9 nitrogen and oxygen atoms in total. The Morgan fingerprint density at radius 1 is 0.812 bits per heavy atom. The summed E-state index contributed by atoms with van der Waals surface area (Å²) in [6, 6.07) is 25.5. The molecule has 0 aliphatic rings. The highest BCUT2D eigenvalue weighted by Crippen LogP contribution is 2.33. The third-order valence-corrected chi connectivity index (χ3v) is 10.1. The Hall–Kier alpha value is -4.25. The first-order chi connectivity index (χ1) is 23.0. The van der Waals surface area contributed by atoms with Crippen molar-refractivity contribution < 1.29 is 27.5 Å². The highest BCUT2D eigenvalue weighted by molar-refractivity contribution is 7.92. The van der Waals surface area contributed by atoms with E-state index in [9.17, 15) is 18.0 Å². The molecular weight excluding hydrogens is 673 g/mol. The molecule has 0 saturated carbocycles. The van der Waals surface area contributed by atoms with E-state index in [1.807, 2.05) is 44.2 Å². The van der Waals surface area contributed by atoms with E-state index in [2.05, 4.69) is 5.32 Å². The molecule has 0 aliphatic heterocycles. The predicted octanol–water partition coefficient (Wildman–Crippen LogP) is 6.76. The second-order valence-electron chi connectivity index (χ2n) is 11.2. The maximum absolute atomic E-state index is 14.6. The van der Waals surface area contributed by atoms with E-state index in [-0.39, 0.29) is 41.2 Å². The van der Waals surface area contributed by atoms with Crippen LogP contribution in [0.2, 0.25) is 10.0 Å². The van der Waals surface area contributed by atoms with Crippen LogP contribution in [0, 0.1) is 0 Å². The molecule has 1 N–H and O–H groups in total. The quantitative estimate of drug-likeness (QED) is 0.146. The van der Waals surface area contributed by atoms with E-state index in [0.717, 1.165) is 9.87 Å². The van der Waals surface area contributed by atoms with Gasteiger partial charge in [-0.1, -0.05) is 72.6 Å². The van der Waals surface area contributed by atoms with Crippen LogP contribution in [0.4, 0.5) is 5.69 Å². The van der Waals surface area contributed by atoms with E-state index in [1.165, 1.54) is 49.5 Å². The minimum atomic E-state index is -4.37. The van der Waals surface area contributed by atoms with Crippen molar-refractivity contribution in [1.29, 1.82) is 0 Å². The largest absolute Gasteiger partial charge is 0.493 e. The summed E-state index contributed by atoms with van der Waals surface area (Å²) >= 11 is 12.5. The fraction of sp³-hybridized carbons (Fsp3) is 0.278. The van der Waals surface area contributed by atoms with Crippen molar-refractivity contribution >= 4 is 50.7 Å². The zero-order chi connectivity index (χ0) is 34.8. The van der Waals surface area contributed by atoms with Crippen molar-refractivity contribution in [2.75, 3.05) is 25.1 Å². The van der Waals surface area contributed by atoms with Gasteiger partial charge in [-0.25, -0.2) is 8.42 Å². The van der Waals surface area contributed by atoms with Crippen LogP contribution >= 0.6 is 23.2 Å². The van der Waals surface area contributed by atoms with Crippen LogP contribution < -0.4 is 19.1 Å². The topological polar surface area (TPSA) is 105 Å². The van der Waals surface area contributed by atoms with Gasteiger partial charge in [0.25, 0.3) is 10.0 Å². The van der Waals surface area contributed by atoms with Crippen LogP contribution in [-0.2, 0) is 32.6 Å². The van der Waals surface area contributed by atoms with E-state index in [0.29, 0.717) is 27.8 Å². The molecule has 0 spiro atoms. The SMILES string of the molecule is CCC(C)NC(=O)C(Cc1ccccc1)N(Cc1cccc(Cl)c1)C(=O)CN(c1ccc(Cl)cc1)S(=O)(=O)c1ccc(OC)c(OC)c1. The Bertz CT molecular complexity index is 1810. The average molecular weight is 713 g/mol. The average Bonchev–Trinajstić information content (AvgIpc) is 3.09. The van der Waals surface area contributed by atoms with Crippen molar-refractivity contribution in [3.8, 4) is 11.5 Å². The monoisotopic (exact) mass is 711 g/mol. The van der Waals surface area contributed by atoms with E-state index in [4.69, 9.17) is 32.7 Å². The van der Waals surface area contributed by atoms with Crippen LogP contribution in [-0.4, -0.2) is 58.0 Å². The van der Waals surface area contributed by atoms with Gasteiger partial charge in [-0.15, -0.1) is 0 Å². The number of hydrogen-bond acceptors (Lipinski definition) is 6. The second kappa shape index (κ2) is 16.7. The molecule has 48 heavy (non-hydrogen) atoms. The number of carbonyl (C=O) groups excluding carboxylic acids is 2. The number of sulfonamides is 1. The summed E-state index contributed by atoms with van der Waals surface area (Å²) < 4.78 is 40.4. The zero-order valence-electron chi connectivity index (χ0n) is 27.2. The summed E-state index contributed by atoms with van der Waals surface area (Å²) in [6.45, 7) is 3.21. The molecule has 254 valence electrons. The van der Waals surface area contributed by atoms with Gasteiger partial charge in [-0.2, -0.15) is 0 Å². The molecule has 2 amide bonds. The molecule has 4 rings (SSSR count). The smallest absolute Gasteiger partial charge is 0.264 e. The molecule has 0 heterocycles. The first kappa shape index (κ1) is 36.6. The second-order valence-corrected chi connectivity index (χ2v) is 13.9. The number of benzene rings is 4. The summed E-state index contributed by atoms with van der Waals surface area (Å²) in [4.78, 5) is 29.9. The van der Waals surface area contributed by atoms with Gasteiger partial charge in [0.05, 0.1) is 24.8 Å². The number of carbonyl (C=O) groups is 2. The van der Waals surface area contributed by atoms with E-state index in [1.54, 1.807) is 36.4 Å². The molecule has 2 atom stereocenters. The summed E-state index contributed by atoms with van der Waals surface area (Å²) in [5.74, 6) is -0.416. The van der Waals surface area contributed by atoms with Gasteiger partial charge in [-0.05, 0) is 73.0 Å². The Balaban J connectivity index is 1.83. The lowest BCUT2D eigenvalue weighted by molar-refractivity contribution is -0.140. The van der Waals surface area contributed by atoms with E-state index < -0.39 is 28.5 Å². The lowest BCUT2D eigenvalue weighted by Crippen LogP contribution is -2.54. The highest BCUT2D eigenvalue weighted by Gasteiger charge is 2.35. The van der Waals surface area contributed by atoms with Gasteiger partial charge in [0, 0.05) is 35.1 Å². The van der Waals surface area contributed by atoms with Crippen molar-refractivity contribution in [2.24, 2.45) is 0 Å². The fourth-order valence-corrected chi connectivity index (χ4v) is 6.84. The lowest BCUT2D eigenvalue weighted by atomic mass is 10.0. The number of anilines is 1. The zero-order valence-corrected chi connectivity index (χ0v) is 29.6. The number of ether oxygens (including phenoxy) is 2. The third kappa shape index (κ3) is 9.21. The first-order valence-electron chi connectivity index (χ1n) is 15.3. The molecule has 0 aromatic heterocycles. The van der Waals surface area contributed by atoms with Gasteiger partial charge < -0.3 is 19.7 Å². The van der Waals surface area contributed by atoms with Gasteiger partial charge in [0.2, 0.25) is 11.8 Å². The van der Waals surface area contributed by atoms with Crippen molar-refractivity contribution in [1.82, 2.24) is 10.2 Å². The summed E-state index contributed by atoms with van der Waals surface area (Å²) in [5, 5.41) is 3.87. The Kier molecular flexibility index (Phi) is 12.7. The van der Waals surface area contributed by atoms with Crippen LogP contribution in [0.3, 0.4) is 0 Å². The normalized spacial score (nSPS) is 12.5. The number of nitrogens with zero attached hydrogens (tertiary/aromatic N) is 2. The Morgan fingerprint density at radius 3 is 2.10 bits per heavy atom. The standard InChI is InChI=1S/C36H39Cl2N3O6S/c1-5-25(2)39-36(43)32(21-26-10-7-6-8-11-26)40(23-27-12-9-13-29(38)20-27)35(42)24-41(30-16-14-28(37)15-17-30)48(44,45)31-18-19-33(46-3)34(22-31)47-4/h6-20,22,25,32H,5,21,23-24H2,1-4H3,(H,39,43). The number of methoxy groups -OCH3 is 2. The lowest BCUT2D eigenvalue weighted by Gasteiger charge is -2.34. The molecule has 4 aromatic carbocycles. The summed E-state index contributed by atoms with van der Waals surface area (Å²) in [7, 11) is -1.53. The van der Waals surface area contributed by atoms with Crippen LogP contribution in [0.15, 0.2) is 102 Å². The Morgan fingerprint density at radius 2 is 1.48 bits per heavy atom. The minimum Gasteiger partial charge on any atom is -0.493 e. The summed E-state index contributed by atoms with van der Waals surface area (Å²) in [6.07, 6.45) is 0.874. The number of rotatable bonds is 15. The Labute approximate surface area is 292 Å². The first-order valence-corrected chi connectivity index (χ1v) is 17.5. The van der Waals surface area contributed by atoms with Crippen molar-refractivity contribution in [3.63, 3.8) is 0 Å². The van der Waals surface area contributed by atoms with Crippen LogP contribution in [0.25, 0.3) is 0 Å². The van der Waals surface area contributed by atoms with Crippen molar-refractivity contribution in [2.45, 2.75) is 50.2 Å². The molecule has 0 aliphatic carbocycles. The molecule has 0 saturated heterocycles. The predicted molar refractivity (Wildman–Crippen MR) is 189 cm³/mol. The number of amides is 2. The maximum atomic E-state index is 14.6. The third-order valence-electron chi connectivity index (χ3n) is 7.85. The maximum Gasteiger partial charge on any atom is 0.264 e. The van der Waals surface area contributed by atoms with Crippen LogP contribution in [0.1, 0.15) is 31.4 Å². The van der Waals surface area contributed by atoms with Crippen LogP contribution in [0.5, 0.6) is 11.5 Å². The van der Waals surface area contributed by atoms with Gasteiger partial charge >= 0.3 is 0 Å². The molecule has 0 radical (unpaired) electrons. The number of hydrogen-bond donors (Lipinski definition) is 1. The summed E-state index contributed by atoms with van der Waals surface area (Å²) in [5.41, 5.74) is 1.71. The number of halogens is 2. The molecule has 0 fully saturated rings. The molecule has 2 unspecified atom stereocenters. The van der Waals surface area contributed by atoms with Crippen molar-refractivity contribution in [3.05, 3.63) is 118 Å². The molecular formula is C36H39Cl2N3O6S.